The zero-order valence-corrected chi connectivity index (χ0v) is 21.1. The molecule has 0 aromatic carbocycles. The molecule has 3 amide bonds. The van der Waals surface area contributed by atoms with Gasteiger partial charge in [0.15, 0.2) is 0 Å². The van der Waals surface area contributed by atoms with Crippen molar-refractivity contribution in [2.24, 2.45) is 0 Å². The van der Waals surface area contributed by atoms with Crippen molar-refractivity contribution < 1.29 is 46.7 Å². The summed E-state index contributed by atoms with van der Waals surface area (Å²) in [6.07, 6.45) is 1.83. The van der Waals surface area contributed by atoms with Crippen molar-refractivity contribution in [3.05, 3.63) is 25.3 Å². The van der Waals surface area contributed by atoms with E-state index in [1.807, 2.05) is 0 Å². The Balaban J connectivity index is 4.37. The Hall–Kier alpha value is -2.94. The Kier molecular flexibility index (Phi) is 15.2. The largest absolute Gasteiger partial charge is 0.500 e. The van der Waals surface area contributed by atoms with Gasteiger partial charge in [-0.1, -0.05) is 13.2 Å². The Morgan fingerprint density at radius 2 is 1.38 bits per heavy atom. The standard InChI is InChI=1S/C20H35N3O10Si/c1-7-16(24)32-14-20(3,15-33-17(25)8-2)23-18(26)21-11-12-31-19(27)22-10-9-13-34(28-4,29-5)30-6/h7-8H,1-2,9-15H2,3-6H3,(H,22,27)(H2,21,23,26). The molecule has 34 heavy (non-hydrogen) atoms. The minimum absolute atomic E-state index is 0.00126. The van der Waals surface area contributed by atoms with Crippen LogP contribution in [0.4, 0.5) is 9.59 Å². The van der Waals surface area contributed by atoms with E-state index in [0.29, 0.717) is 19.0 Å². The third-order valence-corrected chi connectivity index (χ3v) is 7.13. The quantitative estimate of drug-likeness (QED) is 0.0835. The molecule has 0 aromatic heterocycles. The summed E-state index contributed by atoms with van der Waals surface area (Å²) >= 11 is 0. The molecule has 0 aliphatic heterocycles. The lowest BCUT2D eigenvalue weighted by Gasteiger charge is -2.29. The van der Waals surface area contributed by atoms with Crippen molar-refractivity contribution in [1.82, 2.24) is 16.0 Å². The monoisotopic (exact) mass is 505 g/mol. The number of hydrogen-bond donors (Lipinski definition) is 3. The predicted molar refractivity (Wildman–Crippen MR) is 123 cm³/mol. The number of ether oxygens (including phenoxy) is 3. The van der Waals surface area contributed by atoms with Gasteiger partial charge in [0.2, 0.25) is 0 Å². The lowest BCUT2D eigenvalue weighted by Crippen LogP contribution is -2.56. The number of esters is 2. The number of rotatable bonds is 17. The van der Waals surface area contributed by atoms with E-state index >= 15 is 0 Å². The highest BCUT2D eigenvalue weighted by atomic mass is 28.4. The maximum Gasteiger partial charge on any atom is 0.500 e. The van der Waals surface area contributed by atoms with Crippen molar-refractivity contribution in [1.29, 1.82) is 0 Å². The highest BCUT2D eigenvalue weighted by Crippen LogP contribution is 2.14. The lowest BCUT2D eigenvalue weighted by atomic mass is 10.1. The normalized spacial score (nSPS) is 11.1. The molecule has 0 saturated heterocycles. The van der Waals surface area contributed by atoms with Crippen LogP contribution in [0.25, 0.3) is 0 Å². The Bertz CT molecular complexity index is 668. The maximum atomic E-state index is 12.2. The van der Waals surface area contributed by atoms with Crippen molar-refractivity contribution in [3.8, 4) is 0 Å². The van der Waals surface area contributed by atoms with Crippen LogP contribution >= 0.6 is 0 Å². The molecule has 0 radical (unpaired) electrons. The summed E-state index contributed by atoms with van der Waals surface area (Å²) in [7, 11) is 1.83. The number of alkyl carbamates (subject to hydrolysis) is 1. The van der Waals surface area contributed by atoms with Crippen LogP contribution in [-0.2, 0) is 37.1 Å². The molecule has 0 aromatic rings. The number of amides is 3. The van der Waals surface area contributed by atoms with Gasteiger partial charge in [0.1, 0.15) is 25.4 Å². The third kappa shape index (κ3) is 12.9. The van der Waals surface area contributed by atoms with E-state index in [4.69, 9.17) is 27.5 Å². The van der Waals surface area contributed by atoms with Crippen LogP contribution in [0.3, 0.4) is 0 Å². The molecule has 0 aliphatic carbocycles. The highest BCUT2D eigenvalue weighted by molar-refractivity contribution is 6.60. The Labute approximate surface area is 200 Å². The van der Waals surface area contributed by atoms with Crippen LogP contribution < -0.4 is 16.0 Å². The zero-order chi connectivity index (χ0) is 26.0. The van der Waals surface area contributed by atoms with Gasteiger partial charge in [-0.15, -0.1) is 0 Å². The average Bonchev–Trinajstić information content (AvgIpc) is 2.84. The van der Waals surface area contributed by atoms with Gasteiger partial charge in [0.25, 0.3) is 0 Å². The molecule has 14 heteroatoms. The number of carbonyl (C=O) groups is 4. The first-order valence-corrected chi connectivity index (χ1v) is 12.2. The molecule has 0 saturated carbocycles. The molecule has 13 nitrogen and oxygen atoms in total. The first-order chi connectivity index (χ1) is 16.1. The fourth-order valence-electron chi connectivity index (χ4n) is 2.42. The van der Waals surface area contributed by atoms with E-state index in [1.54, 1.807) is 0 Å². The van der Waals surface area contributed by atoms with Crippen LogP contribution in [0, 0.1) is 0 Å². The number of hydrogen-bond acceptors (Lipinski definition) is 10. The summed E-state index contributed by atoms with van der Waals surface area (Å²) in [5, 5.41) is 7.61. The molecule has 0 bridgehead atoms. The Morgan fingerprint density at radius 3 is 1.85 bits per heavy atom. The fourth-order valence-corrected chi connectivity index (χ4v) is 4.14. The third-order valence-electron chi connectivity index (χ3n) is 4.30. The second kappa shape index (κ2) is 16.6. The van der Waals surface area contributed by atoms with Gasteiger partial charge in [-0.25, -0.2) is 19.2 Å². The van der Waals surface area contributed by atoms with Gasteiger partial charge < -0.3 is 43.4 Å². The first-order valence-electron chi connectivity index (χ1n) is 10.3. The molecule has 3 N–H and O–H groups in total. The maximum absolute atomic E-state index is 12.2. The molecule has 0 atom stereocenters. The van der Waals surface area contributed by atoms with Crippen molar-refractivity contribution in [2.45, 2.75) is 24.9 Å². The molecule has 0 unspecified atom stereocenters. The van der Waals surface area contributed by atoms with E-state index in [-0.39, 0.29) is 26.4 Å². The fraction of sp³-hybridized carbons (Fsp3) is 0.600. The van der Waals surface area contributed by atoms with Crippen LogP contribution in [0.1, 0.15) is 13.3 Å². The SMILES string of the molecule is C=CC(=O)OCC(C)(COC(=O)C=C)NC(=O)NCCOC(=O)NCCC[Si](OC)(OC)OC. The molecule has 0 fully saturated rings. The van der Waals surface area contributed by atoms with Crippen LogP contribution in [0.15, 0.2) is 25.3 Å². The van der Waals surface area contributed by atoms with E-state index in [2.05, 4.69) is 29.1 Å². The number of carbonyl (C=O) groups excluding carboxylic acids is 4. The first kappa shape index (κ1) is 31.1. The van der Waals surface area contributed by atoms with Crippen LogP contribution in [0.2, 0.25) is 6.04 Å². The molecule has 0 aliphatic rings. The van der Waals surface area contributed by atoms with Crippen molar-refractivity contribution in [3.63, 3.8) is 0 Å². The van der Waals surface area contributed by atoms with Gasteiger partial charge in [0, 0.05) is 46.1 Å². The van der Waals surface area contributed by atoms with E-state index in [0.717, 1.165) is 12.2 Å². The summed E-state index contributed by atoms with van der Waals surface area (Å²) < 4.78 is 30.8. The molecule has 0 heterocycles. The average molecular weight is 506 g/mol. The summed E-state index contributed by atoms with van der Waals surface area (Å²) in [5.74, 6) is -1.41. The smallest absolute Gasteiger partial charge is 0.460 e. The minimum Gasteiger partial charge on any atom is -0.460 e. The van der Waals surface area contributed by atoms with Crippen LogP contribution in [0.5, 0.6) is 0 Å². The second-order valence-electron chi connectivity index (χ2n) is 7.03. The molecular weight excluding hydrogens is 470 g/mol. The van der Waals surface area contributed by atoms with Crippen molar-refractivity contribution >= 4 is 32.9 Å². The molecule has 194 valence electrons. The van der Waals surface area contributed by atoms with E-state index in [1.165, 1.54) is 28.3 Å². The van der Waals surface area contributed by atoms with Crippen LogP contribution in [-0.4, -0.2) is 92.6 Å². The van der Waals surface area contributed by atoms with E-state index in [9.17, 15) is 19.2 Å². The van der Waals surface area contributed by atoms with Gasteiger partial charge in [0.05, 0.1) is 6.54 Å². The number of nitrogens with one attached hydrogen (secondary N) is 3. The summed E-state index contributed by atoms with van der Waals surface area (Å²) in [6.45, 7) is 7.74. The van der Waals surface area contributed by atoms with E-state index < -0.39 is 38.4 Å². The van der Waals surface area contributed by atoms with Gasteiger partial charge >= 0.3 is 32.9 Å². The molecule has 0 rings (SSSR count). The molecule has 0 spiro atoms. The molecular formula is C20H35N3O10Si. The zero-order valence-electron chi connectivity index (χ0n) is 20.1. The second-order valence-corrected chi connectivity index (χ2v) is 10.1. The van der Waals surface area contributed by atoms with Gasteiger partial charge in [-0.3, -0.25) is 0 Å². The van der Waals surface area contributed by atoms with Gasteiger partial charge in [-0.2, -0.15) is 0 Å². The predicted octanol–water partition coefficient (Wildman–Crippen LogP) is 0.497. The summed E-state index contributed by atoms with van der Waals surface area (Å²) in [4.78, 5) is 46.6. The Morgan fingerprint density at radius 1 is 0.853 bits per heavy atom. The highest BCUT2D eigenvalue weighted by Gasteiger charge is 2.36. The summed E-state index contributed by atoms with van der Waals surface area (Å²) in [6, 6.07) is -0.141. The topological polar surface area (TPSA) is 160 Å². The summed E-state index contributed by atoms with van der Waals surface area (Å²) in [5.41, 5.74) is -1.23. The van der Waals surface area contributed by atoms with Gasteiger partial charge in [-0.05, 0) is 13.3 Å². The number of urea groups is 1. The minimum atomic E-state index is -2.69. The van der Waals surface area contributed by atoms with Crippen molar-refractivity contribution in [2.75, 3.05) is 54.2 Å². The lowest BCUT2D eigenvalue weighted by molar-refractivity contribution is -0.144.